The van der Waals surface area contributed by atoms with Gasteiger partial charge in [-0.15, -0.1) is 0 Å². The van der Waals surface area contributed by atoms with Crippen molar-refractivity contribution in [3.05, 3.63) is 71.3 Å². The van der Waals surface area contributed by atoms with E-state index in [4.69, 9.17) is 0 Å². The van der Waals surface area contributed by atoms with E-state index >= 15 is 0 Å². The molecular formula is C22H22F3N3O. The van der Waals surface area contributed by atoms with Crippen LogP contribution in [0.5, 0.6) is 0 Å². The molecule has 0 aromatic heterocycles. The number of halogens is 3. The number of hydrogen-bond donors (Lipinski definition) is 2. The Hall–Kier alpha value is -2.80. The third-order valence-corrected chi connectivity index (χ3v) is 5.56. The predicted octanol–water partition coefficient (Wildman–Crippen LogP) is 4.71. The van der Waals surface area contributed by atoms with E-state index in [-0.39, 0.29) is 18.1 Å². The largest absolute Gasteiger partial charge is 0.416 e. The second kappa shape index (κ2) is 7.55. The van der Waals surface area contributed by atoms with E-state index < -0.39 is 11.7 Å². The summed E-state index contributed by atoms with van der Waals surface area (Å²) in [4.78, 5) is 14.2. The van der Waals surface area contributed by atoms with Crippen molar-refractivity contribution in [1.29, 1.82) is 0 Å². The Morgan fingerprint density at radius 3 is 2.24 bits per heavy atom. The number of piperidine rings is 1. The number of amides is 2. The Balaban J connectivity index is 1.36. The summed E-state index contributed by atoms with van der Waals surface area (Å²) in [6.45, 7) is 3.10. The number of carbonyl (C=O) groups excluding carboxylic acids is 1. The van der Waals surface area contributed by atoms with Crippen LogP contribution in [0.15, 0.2) is 54.6 Å². The zero-order chi connectivity index (χ0) is 20.6. The maximum Gasteiger partial charge on any atom is 0.416 e. The lowest BCUT2D eigenvalue weighted by molar-refractivity contribution is -0.137. The lowest BCUT2D eigenvalue weighted by Crippen LogP contribution is -2.72. The highest BCUT2D eigenvalue weighted by atomic mass is 19.4. The molecule has 2 amide bonds. The highest BCUT2D eigenvalue weighted by molar-refractivity contribution is 5.89. The number of piperazine rings is 1. The van der Waals surface area contributed by atoms with Crippen LogP contribution in [-0.2, 0) is 6.18 Å². The van der Waals surface area contributed by atoms with E-state index in [2.05, 4.69) is 41.0 Å². The summed E-state index contributed by atoms with van der Waals surface area (Å²) in [6, 6.07) is 13.0. The van der Waals surface area contributed by atoms with E-state index in [0.29, 0.717) is 24.7 Å². The summed E-state index contributed by atoms with van der Waals surface area (Å²) in [5, 5.41) is 6.17. The van der Waals surface area contributed by atoms with Gasteiger partial charge in [0.25, 0.3) is 0 Å². The van der Waals surface area contributed by atoms with Crippen LogP contribution < -0.4 is 10.6 Å². The van der Waals surface area contributed by atoms with Crippen LogP contribution in [0.4, 0.5) is 23.7 Å². The van der Waals surface area contributed by atoms with Gasteiger partial charge in [-0.1, -0.05) is 36.4 Å². The highest BCUT2D eigenvalue weighted by Gasteiger charge is 2.48. The number of rotatable bonds is 3. The molecule has 0 aliphatic carbocycles. The number of benzene rings is 2. The summed E-state index contributed by atoms with van der Waals surface area (Å²) in [5.74, 6) is 0.366. The Kier molecular flexibility index (Phi) is 5.08. The first kappa shape index (κ1) is 19.5. The van der Waals surface area contributed by atoms with E-state index in [1.54, 1.807) is 4.90 Å². The molecule has 3 atom stereocenters. The molecule has 2 aromatic rings. The van der Waals surface area contributed by atoms with Gasteiger partial charge in [0.1, 0.15) is 0 Å². The summed E-state index contributed by atoms with van der Waals surface area (Å²) in [5.41, 5.74) is 2.04. The van der Waals surface area contributed by atoms with Crippen LogP contribution in [-0.4, -0.2) is 36.1 Å². The first-order chi connectivity index (χ1) is 13.8. The highest BCUT2D eigenvalue weighted by Crippen LogP contribution is 2.37. The van der Waals surface area contributed by atoms with Gasteiger partial charge in [0.05, 0.1) is 5.56 Å². The van der Waals surface area contributed by atoms with Gasteiger partial charge in [-0.3, -0.25) is 0 Å². The van der Waals surface area contributed by atoms with Gasteiger partial charge in [-0.2, -0.15) is 13.2 Å². The predicted molar refractivity (Wildman–Crippen MR) is 107 cm³/mol. The number of allylic oxidation sites excluding steroid dienone is 1. The second-order valence-electron chi connectivity index (χ2n) is 7.48. The number of nitrogens with one attached hydrogen (secondary N) is 2. The quantitative estimate of drug-likeness (QED) is 0.782. The molecule has 3 aliphatic heterocycles. The van der Waals surface area contributed by atoms with Gasteiger partial charge in [0.2, 0.25) is 0 Å². The van der Waals surface area contributed by atoms with Gasteiger partial charge < -0.3 is 15.5 Å². The number of alkyl halides is 3. The molecule has 0 saturated carbocycles. The lowest BCUT2D eigenvalue weighted by atomic mass is 9.74. The summed E-state index contributed by atoms with van der Waals surface area (Å²) < 4.78 is 38.0. The molecule has 3 fully saturated rings. The van der Waals surface area contributed by atoms with E-state index in [1.165, 1.54) is 17.7 Å². The average molecular weight is 401 g/mol. The number of hydrogen-bond acceptors (Lipinski definition) is 2. The minimum Gasteiger partial charge on any atom is -0.321 e. The maximum atomic E-state index is 12.7. The molecular weight excluding hydrogens is 379 g/mol. The van der Waals surface area contributed by atoms with E-state index in [1.807, 2.05) is 13.0 Å². The molecule has 2 bridgehead atoms. The average Bonchev–Trinajstić information content (AvgIpc) is 2.69. The Morgan fingerprint density at radius 1 is 1.07 bits per heavy atom. The van der Waals surface area contributed by atoms with E-state index in [9.17, 15) is 18.0 Å². The first-order valence-electron chi connectivity index (χ1n) is 9.57. The molecule has 29 heavy (non-hydrogen) atoms. The fourth-order valence-corrected chi connectivity index (χ4v) is 4.12. The Bertz CT molecular complexity index is 894. The molecule has 0 spiro atoms. The van der Waals surface area contributed by atoms with Crippen LogP contribution in [0.25, 0.3) is 6.08 Å². The number of carbonyl (C=O) groups is 1. The molecule has 3 heterocycles. The minimum absolute atomic E-state index is 0.180. The van der Waals surface area contributed by atoms with Crippen molar-refractivity contribution in [3.8, 4) is 0 Å². The van der Waals surface area contributed by atoms with Crippen LogP contribution in [0, 0.1) is 0 Å². The normalized spacial score (nSPS) is 23.7. The van der Waals surface area contributed by atoms with Gasteiger partial charge in [-0.25, -0.2) is 4.79 Å². The molecule has 2 aromatic carbocycles. The molecule has 7 heteroatoms. The maximum absolute atomic E-state index is 12.7. The van der Waals surface area contributed by atoms with Crippen LogP contribution in [0.2, 0.25) is 0 Å². The Morgan fingerprint density at radius 2 is 1.69 bits per heavy atom. The van der Waals surface area contributed by atoms with Crippen molar-refractivity contribution in [1.82, 2.24) is 10.2 Å². The van der Waals surface area contributed by atoms with Gasteiger partial charge in [-0.05, 0) is 42.3 Å². The van der Waals surface area contributed by atoms with Crippen molar-refractivity contribution in [2.45, 2.75) is 31.1 Å². The van der Waals surface area contributed by atoms with Crippen molar-refractivity contribution in [2.24, 2.45) is 0 Å². The van der Waals surface area contributed by atoms with Crippen molar-refractivity contribution < 1.29 is 18.0 Å². The first-order valence-corrected chi connectivity index (χ1v) is 9.57. The summed E-state index contributed by atoms with van der Waals surface area (Å²) >= 11 is 0. The fraction of sp³-hybridized carbons (Fsp3) is 0.318. The minimum atomic E-state index is -4.39. The third kappa shape index (κ3) is 4.00. The zero-order valence-electron chi connectivity index (χ0n) is 15.9. The van der Waals surface area contributed by atoms with Gasteiger partial charge in [0.15, 0.2) is 0 Å². The second-order valence-corrected chi connectivity index (χ2v) is 7.48. The van der Waals surface area contributed by atoms with Crippen molar-refractivity contribution in [2.75, 3.05) is 18.4 Å². The molecule has 5 rings (SSSR count). The zero-order valence-corrected chi connectivity index (χ0v) is 15.9. The number of urea groups is 1. The molecule has 152 valence electrons. The Labute approximate surface area is 167 Å². The number of fused-ring (bicyclic) bond motifs is 2. The van der Waals surface area contributed by atoms with Gasteiger partial charge >= 0.3 is 12.2 Å². The molecule has 4 nitrogen and oxygen atoms in total. The number of nitrogens with zero attached hydrogens (tertiary/aromatic N) is 1. The molecule has 3 aliphatic rings. The van der Waals surface area contributed by atoms with E-state index in [0.717, 1.165) is 17.7 Å². The van der Waals surface area contributed by atoms with Crippen molar-refractivity contribution >= 4 is 17.8 Å². The molecule has 0 radical (unpaired) electrons. The fourth-order valence-electron chi connectivity index (χ4n) is 4.12. The lowest BCUT2D eigenvalue weighted by Gasteiger charge is -2.54. The molecule has 3 saturated heterocycles. The summed E-state index contributed by atoms with van der Waals surface area (Å²) in [7, 11) is 0. The molecule has 2 N–H and O–H groups in total. The topological polar surface area (TPSA) is 44.4 Å². The van der Waals surface area contributed by atoms with Gasteiger partial charge in [0, 0.05) is 36.8 Å². The standard InChI is InChI=1S/C22H22F3N3O/c1-2-3-14-4-6-15(7-5-14)20-18-12-28(13-19(20)27-18)21(29)26-17-10-8-16(9-11-17)22(23,24)25/h2-11,18-20,27H,12-13H2,1H3,(H,26,29)/t18-,19+,20?. The van der Waals surface area contributed by atoms with Crippen molar-refractivity contribution in [3.63, 3.8) is 0 Å². The SMILES string of the molecule is CC=Cc1ccc(C2[C@@H]3CN(C(=O)Nc4ccc(C(F)(F)F)cc4)C[C@H]2N3)cc1. The monoisotopic (exact) mass is 401 g/mol. The smallest absolute Gasteiger partial charge is 0.321 e. The van der Waals surface area contributed by atoms with Crippen LogP contribution in [0.3, 0.4) is 0 Å². The number of anilines is 1. The summed E-state index contributed by atoms with van der Waals surface area (Å²) in [6.07, 6.45) is -0.332. The third-order valence-electron chi connectivity index (χ3n) is 5.56. The van der Waals surface area contributed by atoms with Crippen LogP contribution >= 0.6 is 0 Å². The van der Waals surface area contributed by atoms with Crippen LogP contribution in [0.1, 0.15) is 29.5 Å². The molecule has 1 unspecified atom stereocenters.